The standard InChI is InChI=1S/C11H20O/c1-8-5-6-9(12)7-10(8)11(2,3)4/h7-9,12H,5-6H2,1-4H3. The Balaban J connectivity index is 2.85. The number of aliphatic hydroxyl groups excluding tert-OH is 1. The molecular weight excluding hydrogens is 148 g/mol. The molecule has 0 heterocycles. The lowest BCUT2D eigenvalue weighted by atomic mass is 9.74. The van der Waals surface area contributed by atoms with E-state index in [4.69, 9.17) is 0 Å². The van der Waals surface area contributed by atoms with Crippen molar-refractivity contribution in [3.8, 4) is 0 Å². The predicted molar refractivity (Wildman–Crippen MR) is 51.9 cm³/mol. The lowest BCUT2D eigenvalue weighted by Gasteiger charge is -2.33. The van der Waals surface area contributed by atoms with Gasteiger partial charge in [-0.05, 0) is 24.2 Å². The second kappa shape index (κ2) is 3.21. The predicted octanol–water partition coefficient (Wildman–Crippen LogP) is 2.75. The number of hydrogen-bond acceptors (Lipinski definition) is 1. The highest BCUT2D eigenvalue weighted by Crippen LogP contribution is 2.37. The van der Waals surface area contributed by atoms with Crippen LogP contribution >= 0.6 is 0 Å². The fourth-order valence-electron chi connectivity index (χ4n) is 2.02. The van der Waals surface area contributed by atoms with Gasteiger partial charge in [-0.15, -0.1) is 0 Å². The van der Waals surface area contributed by atoms with Crippen molar-refractivity contribution in [3.05, 3.63) is 11.6 Å². The summed E-state index contributed by atoms with van der Waals surface area (Å²) < 4.78 is 0. The lowest BCUT2D eigenvalue weighted by Crippen LogP contribution is -2.23. The maximum atomic E-state index is 9.48. The molecule has 1 aliphatic carbocycles. The smallest absolute Gasteiger partial charge is 0.0724 e. The first kappa shape index (κ1) is 9.79. The molecule has 70 valence electrons. The molecule has 0 radical (unpaired) electrons. The van der Waals surface area contributed by atoms with Crippen molar-refractivity contribution >= 4 is 0 Å². The largest absolute Gasteiger partial charge is 0.389 e. The average Bonchev–Trinajstić information content (AvgIpc) is 1.92. The molecule has 0 aromatic rings. The Hall–Kier alpha value is -0.300. The molecular formula is C11H20O. The van der Waals surface area contributed by atoms with E-state index in [0.717, 1.165) is 12.8 Å². The maximum Gasteiger partial charge on any atom is 0.0724 e. The van der Waals surface area contributed by atoms with Crippen molar-refractivity contribution in [2.24, 2.45) is 11.3 Å². The average molecular weight is 168 g/mol. The van der Waals surface area contributed by atoms with E-state index >= 15 is 0 Å². The zero-order chi connectivity index (χ0) is 9.35. The first-order chi connectivity index (χ1) is 5.41. The van der Waals surface area contributed by atoms with Crippen molar-refractivity contribution in [1.29, 1.82) is 0 Å². The van der Waals surface area contributed by atoms with Crippen LogP contribution < -0.4 is 0 Å². The molecule has 2 unspecified atom stereocenters. The zero-order valence-electron chi connectivity index (χ0n) is 8.59. The summed E-state index contributed by atoms with van der Waals surface area (Å²) in [6.45, 7) is 8.90. The van der Waals surface area contributed by atoms with Crippen molar-refractivity contribution < 1.29 is 5.11 Å². The van der Waals surface area contributed by atoms with Crippen LogP contribution in [0.4, 0.5) is 0 Å². The van der Waals surface area contributed by atoms with Gasteiger partial charge in [0.1, 0.15) is 0 Å². The summed E-state index contributed by atoms with van der Waals surface area (Å²) in [4.78, 5) is 0. The monoisotopic (exact) mass is 168 g/mol. The molecule has 1 rings (SSSR count). The minimum Gasteiger partial charge on any atom is -0.389 e. The highest BCUT2D eigenvalue weighted by atomic mass is 16.3. The minimum absolute atomic E-state index is 0.199. The van der Waals surface area contributed by atoms with Crippen LogP contribution in [0.5, 0.6) is 0 Å². The van der Waals surface area contributed by atoms with E-state index in [0.29, 0.717) is 5.92 Å². The third-order valence-corrected chi connectivity index (χ3v) is 2.66. The lowest BCUT2D eigenvalue weighted by molar-refractivity contribution is 0.185. The Morgan fingerprint density at radius 1 is 1.33 bits per heavy atom. The van der Waals surface area contributed by atoms with Crippen molar-refractivity contribution in [2.75, 3.05) is 0 Å². The fourth-order valence-corrected chi connectivity index (χ4v) is 2.02. The summed E-state index contributed by atoms with van der Waals surface area (Å²) in [5.41, 5.74) is 1.64. The van der Waals surface area contributed by atoms with E-state index in [1.54, 1.807) is 0 Å². The molecule has 0 fully saturated rings. The van der Waals surface area contributed by atoms with Gasteiger partial charge in [0, 0.05) is 0 Å². The SMILES string of the molecule is CC1CCC(O)C=C1C(C)(C)C. The summed E-state index contributed by atoms with van der Waals surface area (Å²) in [6, 6.07) is 0. The van der Waals surface area contributed by atoms with Gasteiger partial charge in [0.15, 0.2) is 0 Å². The zero-order valence-corrected chi connectivity index (χ0v) is 8.59. The molecule has 0 bridgehead atoms. The first-order valence-electron chi connectivity index (χ1n) is 4.81. The molecule has 2 atom stereocenters. The Bertz CT molecular complexity index is 186. The third kappa shape index (κ3) is 2.10. The van der Waals surface area contributed by atoms with Gasteiger partial charge in [-0.25, -0.2) is 0 Å². The van der Waals surface area contributed by atoms with Gasteiger partial charge in [0.2, 0.25) is 0 Å². The molecule has 0 aromatic heterocycles. The number of allylic oxidation sites excluding steroid dienone is 1. The van der Waals surface area contributed by atoms with Crippen LogP contribution in [-0.4, -0.2) is 11.2 Å². The van der Waals surface area contributed by atoms with E-state index in [1.807, 2.05) is 6.08 Å². The first-order valence-corrected chi connectivity index (χ1v) is 4.81. The van der Waals surface area contributed by atoms with Gasteiger partial charge in [-0.3, -0.25) is 0 Å². The molecule has 0 aromatic carbocycles. The van der Waals surface area contributed by atoms with Crippen LogP contribution in [0.3, 0.4) is 0 Å². The molecule has 12 heavy (non-hydrogen) atoms. The van der Waals surface area contributed by atoms with E-state index < -0.39 is 0 Å². The fraction of sp³-hybridized carbons (Fsp3) is 0.818. The highest BCUT2D eigenvalue weighted by molar-refractivity contribution is 5.18. The van der Waals surface area contributed by atoms with Crippen molar-refractivity contribution in [3.63, 3.8) is 0 Å². The summed E-state index contributed by atoms with van der Waals surface area (Å²) in [5, 5.41) is 9.48. The van der Waals surface area contributed by atoms with Gasteiger partial charge in [0.25, 0.3) is 0 Å². The van der Waals surface area contributed by atoms with Crippen LogP contribution in [0.1, 0.15) is 40.5 Å². The van der Waals surface area contributed by atoms with Crippen LogP contribution in [0, 0.1) is 11.3 Å². The molecule has 0 amide bonds. The van der Waals surface area contributed by atoms with Crippen LogP contribution in [0.15, 0.2) is 11.6 Å². The topological polar surface area (TPSA) is 20.2 Å². The molecule has 1 heteroatoms. The van der Waals surface area contributed by atoms with Gasteiger partial charge in [0.05, 0.1) is 6.10 Å². The summed E-state index contributed by atoms with van der Waals surface area (Å²) >= 11 is 0. The Morgan fingerprint density at radius 3 is 2.33 bits per heavy atom. The number of rotatable bonds is 0. The van der Waals surface area contributed by atoms with E-state index in [9.17, 15) is 5.11 Å². The number of hydrogen-bond donors (Lipinski definition) is 1. The van der Waals surface area contributed by atoms with Gasteiger partial charge in [-0.1, -0.05) is 39.3 Å². The summed E-state index contributed by atoms with van der Waals surface area (Å²) in [6.07, 6.45) is 3.91. The van der Waals surface area contributed by atoms with Gasteiger partial charge < -0.3 is 5.11 Å². The summed E-state index contributed by atoms with van der Waals surface area (Å²) in [7, 11) is 0. The molecule has 1 N–H and O–H groups in total. The highest BCUT2D eigenvalue weighted by Gasteiger charge is 2.26. The maximum absolute atomic E-state index is 9.48. The van der Waals surface area contributed by atoms with Gasteiger partial charge >= 0.3 is 0 Å². The normalized spacial score (nSPS) is 31.6. The van der Waals surface area contributed by atoms with Crippen LogP contribution in [0.2, 0.25) is 0 Å². The Labute approximate surface area is 75.5 Å². The second-order valence-corrected chi connectivity index (χ2v) is 4.92. The van der Waals surface area contributed by atoms with E-state index in [2.05, 4.69) is 27.7 Å². The van der Waals surface area contributed by atoms with Crippen molar-refractivity contribution in [2.45, 2.75) is 46.6 Å². The van der Waals surface area contributed by atoms with Crippen molar-refractivity contribution in [1.82, 2.24) is 0 Å². The van der Waals surface area contributed by atoms with Crippen LogP contribution in [-0.2, 0) is 0 Å². The Morgan fingerprint density at radius 2 is 1.92 bits per heavy atom. The Kier molecular flexibility index (Phi) is 2.62. The molecule has 0 spiro atoms. The molecule has 0 aliphatic heterocycles. The van der Waals surface area contributed by atoms with E-state index in [1.165, 1.54) is 5.57 Å². The molecule has 0 saturated heterocycles. The second-order valence-electron chi connectivity index (χ2n) is 4.92. The molecule has 1 aliphatic rings. The number of aliphatic hydroxyl groups is 1. The molecule has 1 nitrogen and oxygen atoms in total. The third-order valence-electron chi connectivity index (χ3n) is 2.66. The summed E-state index contributed by atoms with van der Waals surface area (Å²) in [5.74, 6) is 0.647. The van der Waals surface area contributed by atoms with Crippen LogP contribution in [0.25, 0.3) is 0 Å². The minimum atomic E-state index is -0.199. The van der Waals surface area contributed by atoms with Gasteiger partial charge in [-0.2, -0.15) is 0 Å². The quantitative estimate of drug-likeness (QED) is 0.551. The van der Waals surface area contributed by atoms with E-state index in [-0.39, 0.29) is 11.5 Å². The molecule has 0 saturated carbocycles.